The molecule has 1 aromatic carbocycles. The van der Waals surface area contributed by atoms with Crippen molar-refractivity contribution in [1.29, 1.82) is 0 Å². The fraction of sp³-hybridized carbons (Fsp3) is 0.412. The molecule has 1 aliphatic carbocycles. The first-order chi connectivity index (χ1) is 10.5. The van der Waals surface area contributed by atoms with Crippen LogP contribution in [0.25, 0.3) is 0 Å². The zero-order chi connectivity index (χ0) is 15.5. The Bertz CT molecular complexity index is 739. The maximum absolute atomic E-state index is 14.1. The fourth-order valence-electron chi connectivity index (χ4n) is 3.88. The van der Waals surface area contributed by atoms with Gasteiger partial charge in [-0.25, -0.2) is 4.39 Å². The average molecular weight is 301 g/mol. The number of para-hydroxylation sites is 1. The lowest BCUT2D eigenvalue weighted by Gasteiger charge is -2.36. The molecule has 4 rings (SSSR count). The first-order valence-corrected chi connectivity index (χ1v) is 7.50. The van der Waals surface area contributed by atoms with E-state index in [4.69, 9.17) is 4.74 Å². The van der Waals surface area contributed by atoms with Crippen LogP contribution in [0.5, 0.6) is 0 Å². The van der Waals surface area contributed by atoms with E-state index >= 15 is 0 Å². The first kappa shape index (κ1) is 13.5. The lowest BCUT2D eigenvalue weighted by Crippen LogP contribution is -2.46. The summed E-state index contributed by atoms with van der Waals surface area (Å²) < 4.78 is 19.9. The predicted molar refractivity (Wildman–Crippen MR) is 77.9 cm³/mol. The van der Waals surface area contributed by atoms with E-state index in [1.165, 1.54) is 11.0 Å². The molecule has 22 heavy (non-hydrogen) atoms. The average Bonchev–Trinajstić information content (AvgIpc) is 2.72. The molecule has 2 aliphatic heterocycles. The number of likely N-dealkylation sites (N-methyl/N-ethyl adjacent to an activating group) is 1. The topological polar surface area (TPSA) is 46.6 Å². The number of Topliss-reactive ketones (excluding diaryl/α,β-unsaturated/α-hetero) is 1. The van der Waals surface area contributed by atoms with Crippen LogP contribution in [-0.2, 0) is 19.7 Å². The summed E-state index contributed by atoms with van der Waals surface area (Å²) in [5.74, 6) is 0.167. The highest BCUT2D eigenvalue weighted by Crippen LogP contribution is 2.49. The molecule has 0 radical (unpaired) electrons. The molecule has 2 heterocycles. The van der Waals surface area contributed by atoms with Gasteiger partial charge in [-0.1, -0.05) is 12.1 Å². The van der Waals surface area contributed by atoms with Crippen LogP contribution < -0.4 is 4.90 Å². The van der Waals surface area contributed by atoms with Crippen LogP contribution in [0.4, 0.5) is 10.1 Å². The van der Waals surface area contributed by atoms with Gasteiger partial charge in [-0.3, -0.25) is 9.59 Å². The van der Waals surface area contributed by atoms with Gasteiger partial charge in [0.1, 0.15) is 23.6 Å². The summed E-state index contributed by atoms with van der Waals surface area (Å²) in [6.45, 7) is 0.179. The molecule has 4 nitrogen and oxygen atoms in total. The second kappa shape index (κ2) is 4.41. The number of hydrogen-bond donors (Lipinski definition) is 0. The zero-order valence-corrected chi connectivity index (χ0v) is 12.3. The Labute approximate surface area is 127 Å². The molecule has 5 heteroatoms. The number of anilines is 1. The van der Waals surface area contributed by atoms with Gasteiger partial charge >= 0.3 is 0 Å². The van der Waals surface area contributed by atoms with Crippen molar-refractivity contribution in [2.24, 2.45) is 0 Å². The summed E-state index contributed by atoms with van der Waals surface area (Å²) in [6, 6.07) is 4.72. The Balaban J connectivity index is 1.87. The molecule has 1 atom stereocenters. The normalized spacial score (nSPS) is 27.1. The Morgan fingerprint density at radius 3 is 2.91 bits per heavy atom. The Morgan fingerprint density at radius 2 is 2.09 bits per heavy atom. The number of carbonyl (C=O) groups is 2. The van der Waals surface area contributed by atoms with E-state index in [-0.39, 0.29) is 18.3 Å². The minimum atomic E-state index is -0.960. The summed E-state index contributed by atoms with van der Waals surface area (Å²) in [7, 11) is 1.57. The molecule has 1 unspecified atom stereocenters. The Kier molecular flexibility index (Phi) is 2.71. The van der Waals surface area contributed by atoms with Gasteiger partial charge in [0.15, 0.2) is 5.78 Å². The number of carbonyl (C=O) groups excluding carboxylic acids is 2. The summed E-state index contributed by atoms with van der Waals surface area (Å²) in [6.07, 6.45) is 2.36. The Morgan fingerprint density at radius 1 is 1.27 bits per heavy atom. The smallest absolute Gasteiger partial charge is 0.241 e. The number of allylic oxidation sites excluding steroid dienone is 2. The first-order valence-electron chi connectivity index (χ1n) is 7.50. The molecule has 3 aliphatic rings. The third kappa shape index (κ3) is 1.56. The zero-order valence-electron chi connectivity index (χ0n) is 12.3. The van der Waals surface area contributed by atoms with E-state index in [0.29, 0.717) is 29.7 Å². The maximum Gasteiger partial charge on any atom is 0.241 e. The molecule has 1 aromatic rings. The van der Waals surface area contributed by atoms with Gasteiger partial charge in [-0.2, -0.15) is 0 Å². The van der Waals surface area contributed by atoms with Gasteiger partial charge < -0.3 is 9.64 Å². The Hall–Kier alpha value is -2.17. The van der Waals surface area contributed by atoms with Crippen molar-refractivity contribution in [3.05, 3.63) is 40.9 Å². The molecule has 0 aromatic heterocycles. The molecular weight excluding hydrogens is 285 g/mol. The van der Waals surface area contributed by atoms with Gasteiger partial charge in [0, 0.05) is 31.9 Å². The number of benzene rings is 1. The lowest BCUT2D eigenvalue weighted by molar-refractivity contribution is -0.126. The quantitative estimate of drug-likeness (QED) is 0.739. The van der Waals surface area contributed by atoms with Crippen molar-refractivity contribution < 1.29 is 18.7 Å². The van der Waals surface area contributed by atoms with Crippen molar-refractivity contribution in [1.82, 2.24) is 0 Å². The highest BCUT2D eigenvalue weighted by molar-refractivity contribution is 6.09. The summed E-state index contributed by atoms with van der Waals surface area (Å²) in [5, 5.41) is 0. The molecule has 1 spiro atoms. The van der Waals surface area contributed by atoms with Gasteiger partial charge in [-0.15, -0.1) is 0 Å². The molecule has 0 N–H and O–H groups in total. The fourth-order valence-corrected chi connectivity index (χ4v) is 3.88. The second-order valence-electron chi connectivity index (χ2n) is 6.23. The van der Waals surface area contributed by atoms with Crippen LogP contribution in [0.3, 0.4) is 0 Å². The van der Waals surface area contributed by atoms with E-state index in [1.807, 2.05) is 0 Å². The van der Waals surface area contributed by atoms with Crippen molar-refractivity contribution in [2.75, 3.05) is 18.6 Å². The van der Waals surface area contributed by atoms with Crippen LogP contribution in [0, 0.1) is 5.82 Å². The van der Waals surface area contributed by atoms with Crippen LogP contribution in [0.2, 0.25) is 0 Å². The molecule has 0 saturated heterocycles. The van der Waals surface area contributed by atoms with Crippen LogP contribution in [-0.4, -0.2) is 25.3 Å². The minimum Gasteiger partial charge on any atom is -0.496 e. The number of ketones is 1. The monoisotopic (exact) mass is 301 g/mol. The van der Waals surface area contributed by atoms with E-state index in [1.54, 1.807) is 19.2 Å². The van der Waals surface area contributed by atoms with Gasteiger partial charge in [0.2, 0.25) is 5.91 Å². The van der Waals surface area contributed by atoms with Crippen molar-refractivity contribution in [3.63, 3.8) is 0 Å². The number of amides is 1. The van der Waals surface area contributed by atoms with Crippen LogP contribution in [0.15, 0.2) is 29.5 Å². The molecule has 114 valence electrons. The molecular formula is C17H16FNO3. The molecule has 0 bridgehead atoms. The van der Waals surface area contributed by atoms with Crippen molar-refractivity contribution in [3.8, 4) is 0 Å². The number of ether oxygens (including phenoxy) is 1. The number of hydrogen-bond acceptors (Lipinski definition) is 3. The highest BCUT2D eigenvalue weighted by Gasteiger charge is 2.54. The van der Waals surface area contributed by atoms with E-state index < -0.39 is 11.2 Å². The van der Waals surface area contributed by atoms with Crippen LogP contribution >= 0.6 is 0 Å². The molecule has 1 amide bonds. The van der Waals surface area contributed by atoms with E-state index in [0.717, 1.165) is 18.6 Å². The highest BCUT2D eigenvalue weighted by atomic mass is 19.1. The number of halogens is 1. The molecule has 0 fully saturated rings. The van der Waals surface area contributed by atoms with E-state index in [2.05, 4.69) is 0 Å². The number of nitrogens with zero attached hydrogens (tertiary/aromatic N) is 1. The van der Waals surface area contributed by atoms with Crippen molar-refractivity contribution >= 4 is 17.4 Å². The number of fused-ring (bicyclic) bond motifs is 2. The van der Waals surface area contributed by atoms with Gasteiger partial charge in [0.25, 0.3) is 0 Å². The number of rotatable bonds is 0. The van der Waals surface area contributed by atoms with Crippen LogP contribution in [0.1, 0.15) is 31.2 Å². The third-order valence-electron chi connectivity index (χ3n) is 5.00. The largest absolute Gasteiger partial charge is 0.496 e. The van der Waals surface area contributed by atoms with Gasteiger partial charge in [0.05, 0.1) is 5.69 Å². The SMILES string of the molecule is CN1C(=O)C2(COC3=C(C2)C(=O)CCC3)c2cccc(F)c21. The van der Waals surface area contributed by atoms with Gasteiger partial charge in [-0.05, 0) is 18.1 Å². The lowest BCUT2D eigenvalue weighted by atomic mass is 9.73. The third-order valence-corrected chi connectivity index (χ3v) is 5.00. The summed E-state index contributed by atoms with van der Waals surface area (Å²) in [5.41, 5.74) is 0.600. The maximum atomic E-state index is 14.1. The predicted octanol–water partition coefficient (Wildman–Crippen LogP) is 2.47. The summed E-state index contributed by atoms with van der Waals surface area (Å²) >= 11 is 0. The second-order valence-corrected chi connectivity index (χ2v) is 6.23. The molecule has 0 saturated carbocycles. The standard InChI is InChI=1S/C17H16FNO3/c1-19-15-11(4-2-5-12(15)18)17(16(19)21)8-10-13(20)6-3-7-14(10)22-9-17/h2,4-5H,3,6-9H2,1H3. The van der Waals surface area contributed by atoms with Crippen molar-refractivity contribution in [2.45, 2.75) is 31.1 Å². The minimum absolute atomic E-state index is 0.0561. The summed E-state index contributed by atoms with van der Waals surface area (Å²) in [4.78, 5) is 26.4. The van der Waals surface area contributed by atoms with E-state index in [9.17, 15) is 14.0 Å².